The molecule has 0 radical (unpaired) electrons. The van der Waals surface area contributed by atoms with Crippen LogP contribution in [0.25, 0.3) is 11.0 Å². The predicted molar refractivity (Wildman–Crippen MR) is 74.8 cm³/mol. The number of anilines is 1. The molecule has 2 aromatic heterocycles. The third-order valence-corrected chi connectivity index (χ3v) is 4.11. The molecule has 0 aromatic carbocycles. The largest absolute Gasteiger partial charge is 0.363 e. The maximum absolute atomic E-state index is 6.01. The first-order valence-electron chi connectivity index (χ1n) is 6.85. The van der Waals surface area contributed by atoms with E-state index in [9.17, 15) is 0 Å². The molecule has 0 saturated heterocycles. The Hall–Kier alpha value is -1.69. The molecule has 19 heavy (non-hydrogen) atoms. The summed E-state index contributed by atoms with van der Waals surface area (Å²) in [6.45, 7) is 0.638. The summed E-state index contributed by atoms with van der Waals surface area (Å²) in [6.07, 6.45) is 9.36. The highest BCUT2D eigenvalue weighted by Crippen LogP contribution is 2.32. The van der Waals surface area contributed by atoms with Gasteiger partial charge in [0.2, 0.25) is 0 Å². The van der Waals surface area contributed by atoms with Crippen molar-refractivity contribution in [1.82, 2.24) is 19.7 Å². The molecule has 0 atom stereocenters. The maximum atomic E-state index is 6.01. The summed E-state index contributed by atoms with van der Waals surface area (Å²) in [5.41, 5.74) is 6.84. The van der Waals surface area contributed by atoms with Gasteiger partial charge in [0.25, 0.3) is 0 Å². The van der Waals surface area contributed by atoms with E-state index in [1.807, 2.05) is 13.2 Å². The summed E-state index contributed by atoms with van der Waals surface area (Å²) in [6, 6.07) is 0. The molecule has 6 nitrogen and oxygen atoms in total. The van der Waals surface area contributed by atoms with Crippen LogP contribution in [-0.4, -0.2) is 31.8 Å². The monoisotopic (exact) mass is 260 g/mol. The number of aryl methyl sites for hydroxylation is 1. The molecule has 1 fully saturated rings. The third-order valence-electron chi connectivity index (χ3n) is 4.11. The number of rotatable bonds is 3. The van der Waals surface area contributed by atoms with E-state index in [0.717, 1.165) is 29.7 Å². The quantitative estimate of drug-likeness (QED) is 0.872. The first-order valence-corrected chi connectivity index (χ1v) is 6.85. The second kappa shape index (κ2) is 4.77. The lowest BCUT2D eigenvalue weighted by atomic mass is 9.81. The van der Waals surface area contributed by atoms with Gasteiger partial charge in [-0.15, -0.1) is 0 Å². The van der Waals surface area contributed by atoms with Crippen LogP contribution in [0.3, 0.4) is 0 Å². The Labute approximate surface area is 112 Å². The van der Waals surface area contributed by atoms with Crippen molar-refractivity contribution in [3.63, 3.8) is 0 Å². The maximum Gasteiger partial charge on any atom is 0.163 e. The third kappa shape index (κ3) is 2.16. The van der Waals surface area contributed by atoms with Crippen LogP contribution < -0.4 is 11.1 Å². The minimum atomic E-state index is -0.0185. The molecule has 3 rings (SSSR count). The fraction of sp³-hybridized carbons (Fsp3) is 0.615. The van der Waals surface area contributed by atoms with Crippen LogP contribution in [0.1, 0.15) is 32.1 Å². The summed E-state index contributed by atoms with van der Waals surface area (Å²) in [4.78, 5) is 8.64. The summed E-state index contributed by atoms with van der Waals surface area (Å²) in [7, 11) is 1.89. The number of hydrogen-bond donors (Lipinski definition) is 2. The Morgan fingerprint density at radius 1 is 1.32 bits per heavy atom. The van der Waals surface area contributed by atoms with Gasteiger partial charge in [-0.05, 0) is 12.8 Å². The van der Waals surface area contributed by atoms with Crippen molar-refractivity contribution in [2.75, 3.05) is 11.9 Å². The molecule has 102 valence electrons. The van der Waals surface area contributed by atoms with Crippen LogP contribution in [0.5, 0.6) is 0 Å². The van der Waals surface area contributed by atoms with Gasteiger partial charge in [-0.2, -0.15) is 5.10 Å². The second-order valence-corrected chi connectivity index (χ2v) is 5.40. The second-order valence-electron chi connectivity index (χ2n) is 5.40. The van der Waals surface area contributed by atoms with Gasteiger partial charge >= 0.3 is 0 Å². The molecule has 6 heteroatoms. The van der Waals surface area contributed by atoms with Gasteiger partial charge in [-0.1, -0.05) is 19.3 Å². The Kier molecular flexibility index (Phi) is 3.10. The smallest absolute Gasteiger partial charge is 0.163 e. The fourth-order valence-electron chi connectivity index (χ4n) is 2.92. The van der Waals surface area contributed by atoms with E-state index in [4.69, 9.17) is 5.73 Å². The van der Waals surface area contributed by atoms with E-state index in [1.54, 1.807) is 11.0 Å². The minimum Gasteiger partial charge on any atom is -0.363 e. The molecule has 0 unspecified atom stereocenters. The van der Waals surface area contributed by atoms with Crippen LogP contribution in [0, 0.1) is 0 Å². The van der Waals surface area contributed by atoms with Crippen LogP contribution in [-0.2, 0) is 7.05 Å². The van der Waals surface area contributed by atoms with Crippen molar-refractivity contribution in [2.45, 2.75) is 37.6 Å². The van der Waals surface area contributed by atoms with Gasteiger partial charge in [-0.25, -0.2) is 9.97 Å². The molecule has 0 bridgehead atoms. The van der Waals surface area contributed by atoms with Crippen molar-refractivity contribution in [3.05, 3.63) is 12.5 Å². The molecular formula is C13H20N6. The highest BCUT2D eigenvalue weighted by molar-refractivity contribution is 5.86. The molecule has 1 aliphatic carbocycles. The van der Waals surface area contributed by atoms with Gasteiger partial charge in [0.05, 0.1) is 17.1 Å². The van der Waals surface area contributed by atoms with Gasteiger partial charge < -0.3 is 11.1 Å². The molecule has 0 spiro atoms. The van der Waals surface area contributed by atoms with E-state index in [-0.39, 0.29) is 5.54 Å². The number of hydrogen-bond acceptors (Lipinski definition) is 5. The fourth-order valence-corrected chi connectivity index (χ4v) is 2.92. The van der Waals surface area contributed by atoms with E-state index in [0.29, 0.717) is 6.54 Å². The zero-order valence-corrected chi connectivity index (χ0v) is 11.3. The van der Waals surface area contributed by atoms with Crippen molar-refractivity contribution < 1.29 is 0 Å². The normalized spacial score (nSPS) is 18.6. The number of aromatic nitrogens is 4. The standard InChI is InChI=1S/C13H20N6/c1-19-12-10(7-17-19)11(15-9-16-12)18-13(8-14)5-3-2-4-6-13/h7,9H,2-6,8,14H2,1H3,(H,15,16,18). The van der Waals surface area contributed by atoms with Crippen molar-refractivity contribution in [2.24, 2.45) is 12.8 Å². The van der Waals surface area contributed by atoms with Gasteiger partial charge in [-0.3, -0.25) is 4.68 Å². The van der Waals surface area contributed by atoms with E-state index in [2.05, 4.69) is 20.4 Å². The Bertz CT molecular complexity index is 570. The van der Waals surface area contributed by atoms with Crippen molar-refractivity contribution in [3.8, 4) is 0 Å². The first kappa shape index (κ1) is 12.3. The number of nitrogens with one attached hydrogen (secondary N) is 1. The summed E-state index contributed by atoms with van der Waals surface area (Å²) in [5, 5.41) is 8.77. The summed E-state index contributed by atoms with van der Waals surface area (Å²) >= 11 is 0. The summed E-state index contributed by atoms with van der Waals surface area (Å²) < 4.78 is 1.76. The van der Waals surface area contributed by atoms with E-state index in [1.165, 1.54) is 19.3 Å². The first-order chi connectivity index (χ1) is 9.24. The average Bonchev–Trinajstić information content (AvgIpc) is 2.83. The highest BCUT2D eigenvalue weighted by atomic mass is 15.3. The van der Waals surface area contributed by atoms with Gasteiger partial charge in [0.1, 0.15) is 12.1 Å². The van der Waals surface area contributed by atoms with Gasteiger partial charge in [0.15, 0.2) is 5.65 Å². The zero-order valence-electron chi connectivity index (χ0n) is 11.3. The Balaban J connectivity index is 1.95. The number of fused-ring (bicyclic) bond motifs is 1. The average molecular weight is 260 g/mol. The van der Waals surface area contributed by atoms with Crippen LogP contribution in [0.4, 0.5) is 5.82 Å². The highest BCUT2D eigenvalue weighted by Gasteiger charge is 2.31. The van der Waals surface area contributed by atoms with Crippen molar-refractivity contribution in [1.29, 1.82) is 0 Å². The Morgan fingerprint density at radius 2 is 2.11 bits per heavy atom. The predicted octanol–water partition coefficient (Wildman–Crippen LogP) is 1.44. The molecule has 2 aromatic rings. The molecule has 0 amide bonds. The number of nitrogens with two attached hydrogens (primary N) is 1. The van der Waals surface area contributed by atoms with Crippen LogP contribution in [0.2, 0.25) is 0 Å². The lowest BCUT2D eigenvalue weighted by molar-refractivity contribution is 0.330. The van der Waals surface area contributed by atoms with Crippen molar-refractivity contribution >= 4 is 16.9 Å². The molecular weight excluding hydrogens is 240 g/mol. The SMILES string of the molecule is Cn1ncc2c(NC3(CN)CCCCC3)ncnc21. The molecule has 1 aliphatic rings. The Morgan fingerprint density at radius 3 is 2.84 bits per heavy atom. The van der Waals surface area contributed by atoms with Crippen LogP contribution in [0.15, 0.2) is 12.5 Å². The van der Waals surface area contributed by atoms with E-state index < -0.39 is 0 Å². The zero-order chi connectivity index (χ0) is 13.3. The molecule has 2 heterocycles. The van der Waals surface area contributed by atoms with Crippen LogP contribution >= 0.6 is 0 Å². The van der Waals surface area contributed by atoms with Gasteiger partial charge in [0, 0.05) is 13.6 Å². The topological polar surface area (TPSA) is 81.7 Å². The molecule has 3 N–H and O–H groups in total. The molecule has 1 saturated carbocycles. The van der Waals surface area contributed by atoms with E-state index >= 15 is 0 Å². The lowest BCUT2D eigenvalue weighted by Gasteiger charge is -2.37. The summed E-state index contributed by atoms with van der Waals surface area (Å²) in [5.74, 6) is 0.852. The lowest BCUT2D eigenvalue weighted by Crippen LogP contribution is -2.47. The molecule has 0 aliphatic heterocycles. The number of nitrogens with zero attached hydrogens (tertiary/aromatic N) is 4. The minimum absolute atomic E-state index is 0.0185.